The van der Waals surface area contributed by atoms with Crippen LogP contribution in [0.4, 0.5) is 4.79 Å². The predicted octanol–water partition coefficient (Wildman–Crippen LogP) is 7.31. The van der Waals surface area contributed by atoms with E-state index in [0.717, 1.165) is 17.7 Å². The number of amides is 1. The van der Waals surface area contributed by atoms with Crippen LogP contribution < -0.4 is 4.74 Å². The Hall–Kier alpha value is -2.49. The molecule has 0 aromatic heterocycles. The molecule has 1 amide bonds. The monoisotopic (exact) mass is 427 g/mol. The Morgan fingerprint density at radius 1 is 1.03 bits per heavy atom. The summed E-state index contributed by atoms with van der Waals surface area (Å²) in [4.78, 5) is 14.1. The number of benzene rings is 2. The summed E-state index contributed by atoms with van der Waals surface area (Å²) in [7, 11) is 0. The second-order valence-corrected chi connectivity index (χ2v) is 8.46. The van der Waals surface area contributed by atoms with Gasteiger partial charge in [0.05, 0.1) is 0 Å². The van der Waals surface area contributed by atoms with Crippen LogP contribution in [0.25, 0.3) is 0 Å². The zero-order valence-electron chi connectivity index (χ0n) is 20.7. The van der Waals surface area contributed by atoms with Crippen molar-refractivity contribution >= 4 is 6.09 Å². The second kappa shape index (κ2) is 13.0. The molecule has 1 aliphatic rings. The molecular weight excluding hydrogens is 386 g/mol. The molecule has 1 heterocycles. The smallest absolute Gasteiger partial charge is 0.410 e. The van der Waals surface area contributed by atoms with Crippen LogP contribution in [0, 0.1) is 6.92 Å². The number of carbonyl (C=O) groups is 1. The lowest BCUT2D eigenvalue weighted by Crippen LogP contribution is -2.40. The Kier molecular flexibility index (Phi) is 11.2. The van der Waals surface area contributed by atoms with Crippen LogP contribution in [-0.2, 0) is 24.3 Å². The Morgan fingerprint density at radius 2 is 1.65 bits per heavy atom. The maximum Gasteiger partial charge on any atom is 0.410 e. The third-order valence-corrected chi connectivity index (χ3v) is 4.53. The predicted molar refractivity (Wildman–Crippen MR) is 130 cm³/mol. The summed E-state index contributed by atoms with van der Waals surface area (Å²) in [6, 6.07) is 14.2. The highest BCUT2D eigenvalue weighted by Crippen LogP contribution is 2.30. The number of nitrogens with zero attached hydrogens (tertiary/aromatic N) is 1. The Labute approximate surface area is 189 Å². The molecule has 0 saturated carbocycles. The molecule has 0 aliphatic carbocycles. The number of hydrogen-bond acceptors (Lipinski definition) is 3. The molecule has 172 valence electrons. The van der Waals surface area contributed by atoms with Crippen LogP contribution in [0.15, 0.2) is 42.5 Å². The fourth-order valence-electron chi connectivity index (χ4n) is 3.19. The topological polar surface area (TPSA) is 38.8 Å². The summed E-state index contributed by atoms with van der Waals surface area (Å²) in [6.45, 7) is 17.8. The summed E-state index contributed by atoms with van der Waals surface area (Å²) in [6.07, 6.45) is 1.83. The van der Waals surface area contributed by atoms with Crippen molar-refractivity contribution in [3.05, 3.63) is 64.7 Å². The largest absolute Gasteiger partial charge is 0.489 e. The van der Waals surface area contributed by atoms with E-state index in [-0.39, 0.29) is 6.09 Å². The Balaban J connectivity index is 0.000000884. The molecule has 4 heteroatoms. The molecule has 0 saturated heterocycles. The normalized spacial score (nSPS) is 12.5. The fourth-order valence-corrected chi connectivity index (χ4v) is 3.19. The summed E-state index contributed by atoms with van der Waals surface area (Å²) < 4.78 is 11.5. The molecule has 4 nitrogen and oxygen atoms in total. The summed E-state index contributed by atoms with van der Waals surface area (Å²) in [5.74, 6) is 0.915. The molecule has 31 heavy (non-hydrogen) atoms. The quantitative estimate of drug-likeness (QED) is 0.515. The summed E-state index contributed by atoms with van der Waals surface area (Å²) in [5, 5.41) is 0. The number of rotatable bonds is 3. The summed E-state index contributed by atoms with van der Waals surface area (Å²) >= 11 is 0. The van der Waals surface area contributed by atoms with Crippen LogP contribution in [0.3, 0.4) is 0 Å². The van der Waals surface area contributed by atoms with E-state index in [2.05, 4.69) is 39.0 Å². The lowest BCUT2D eigenvalue weighted by atomic mass is 9.94. The van der Waals surface area contributed by atoms with E-state index in [1.807, 2.05) is 58.9 Å². The first kappa shape index (κ1) is 26.5. The van der Waals surface area contributed by atoms with Crippen molar-refractivity contribution < 1.29 is 14.3 Å². The van der Waals surface area contributed by atoms with Gasteiger partial charge in [0.15, 0.2) is 0 Å². The number of hydrogen-bond donors (Lipinski definition) is 0. The minimum Gasteiger partial charge on any atom is -0.489 e. The molecule has 1 aliphatic heterocycles. The minimum atomic E-state index is -0.470. The van der Waals surface area contributed by atoms with E-state index < -0.39 is 5.60 Å². The van der Waals surface area contributed by atoms with Crippen LogP contribution in [0.1, 0.15) is 77.1 Å². The van der Waals surface area contributed by atoms with Crippen molar-refractivity contribution in [2.24, 2.45) is 0 Å². The number of carbonyl (C=O) groups excluding carboxylic acids is 1. The third kappa shape index (κ3) is 8.64. The zero-order valence-corrected chi connectivity index (χ0v) is 20.7. The van der Waals surface area contributed by atoms with Gasteiger partial charge in [0, 0.05) is 13.1 Å². The SMILES string of the molecule is CC.CCC.Cc1c(OCc2ccccc2)ccc2c1CCN(C(=O)OC(C)(C)C)C2. The zero-order chi connectivity index (χ0) is 23.4. The maximum absolute atomic E-state index is 12.3. The molecule has 2 aromatic carbocycles. The molecule has 0 atom stereocenters. The van der Waals surface area contributed by atoms with E-state index in [1.165, 1.54) is 23.1 Å². The molecule has 0 radical (unpaired) electrons. The molecule has 3 rings (SSSR count). The van der Waals surface area contributed by atoms with Gasteiger partial charge in [-0.3, -0.25) is 0 Å². The van der Waals surface area contributed by atoms with Crippen molar-refractivity contribution in [2.45, 2.75) is 87.0 Å². The van der Waals surface area contributed by atoms with E-state index in [1.54, 1.807) is 4.90 Å². The molecule has 0 N–H and O–H groups in total. The average molecular weight is 428 g/mol. The van der Waals surface area contributed by atoms with Gasteiger partial charge in [0.1, 0.15) is 18.0 Å². The first-order valence-electron chi connectivity index (χ1n) is 11.5. The highest BCUT2D eigenvalue weighted by atomic mass is 16.6. The maximum atomic E-state index is 12.3. The van der Waals surface area contributed by atoms with Crippen LogP contribution in [0.5, 0.6) is 5.75 Å². The summed E-state index contributed by atoms with van der Waals surface area (Å²) in [5.41, 5.74) is 4.31. The van der Waals surface area contributed by atoms with E-state index in [4.69, 9.17) is 9.47 Å². The average Bonchev–Trinajstić information content (AvgIpc) is 2.74. The molecular formula is C27H41NO3. The molecule has 0 unspecified atom stereocenters. The second-order valence-electron chi connectivity index (χ2n) is 8.46. The van der Waals surface area contributed by atoms with Gasteiger partial charge in [-0.1, -0.05) is 70.5 Å². The van der Waals surface area contributed by atoms with Crippen LogP contribution in [-0.4, -0.2) is 23.1 Å². The van der Waals surface area contributed by atoms with Gasteiger partial charge in [-0.05, 0) is 62.4 Å². The highest BCUT2D eigenvalue weighted by Gasteiger charge is 2.27. The van der Waals surface area contributed by atoms with Gasteiger partial charge in [-0.15, -0.1) is 0 Å². The lowest BCUT2D eigenvalue weighted by Gasteiger charge is -2.32. The highest BCUT2D eigenvalue weighted by molar-refractivity contribution is 5.69. The lowest BCUT2D eigenvalue weighted by molar-refractivity contribution is 0.0223. The standard InChI is InChI=1S/C22H27NO3.C3H8.C2H6/c1-16-19-12-13-23(21(24)26-22(2,3)4)14-18(19)10-11-20(16)25-15-17-8-6-5-7-9-17;1-3-2;1-2/h5-11H,12-15H2,1-4H3;3H2,1-2H3;1-2H3. The minimum absolute atomic E-state index is 0.245. The van der Waals surface area contributed by atoms with Crippen LogP contribution >= 0.6 is 0 Å². The number of fused-ring (bicyclic) bond motifs is 1. The molecule has 0 spiro atoms. The third-order valence-electron chi connectivity index (χ3n) is 4.53. The van der Waals surface area contributed by atoms with Crippen LogP contribution in [0.2, 0.25) is 0 Å². The Morgan fingerprint density at radius 3 is 2.23 bits per heavy atom. The van der Waals surface area contributed by atoms with Gasteiger partial charge < -0.3 is 14.4 Å². The Bertz CT molecular complexity index is 794. The van der Waals surface area contributed by atoms with E-state index in [0.29, 0.717) is 19.7 Å². The molecule has 2 aromatic rings. The van der Waals surface area contributed by atoms with Gasteiger partial charge in [0.2, 0.25) is 0 Å². The first-order chi connectivity index (χ1) is 14.7. The fraction of sp³-hybridized carbons (Fsp3) is 0.519. The van der Waals surface area contributed by atoms with Crippen molar-refractivity contribution in [2.75, 3.05) is 6.54 Å². The van der Waals surface area contributed by atoms with Gasteiger partial charge in [0.25, 0.3) is 0 Å². The van der Waals surface area contributed by atoms with Crippen molar-refractivity contribution in [1.29, 1.82) is 0 Å². The van der Waals surface area contributed by atoms with Gasteiger partial charge >= 0.3 is 6.09 Å². The van der Waals surface area contributed by atoms with E-state index in [9.17, 15) is 4.79 Å². The number of ether oxygens (including phenoxy) is 2. The van der Waals surface area contributed by atoms with Gasteiger partial charge in [-0.2, -0.15) is 0 Å². The molecule has 0 fully saturated rings. The van der Waals surface area contributed by atoms with Crippen molar-refractivity contribution in [1.82, 2.24) is 4.90 Å². The first-order valence-corrected chi connectivity index (χ1v) is 11.5. The van der Waals surface area contributed by atoms with Crippen molar-refractivity contribution in [3.8, 4) is 5.75 Å². The van der Waals surface area contributed by atoms with Crippen molar-refractivity contribution in [3.63, 3.8) is 0 Å². The molecule has 0 bridgehead atoms. The van der Waals surface area contributed by atoms with Gasteiger partial charge in [-0.25, -0.2) is 4.79 Å². The van der Waals surface area contributed by atoms with E-state index >= 15 is 0 Å².